The summed E-state index contributed by atoms with van der Waals surface area (Å²) >= 11 is 0. The lowest BCUT2D eigenvalue weighted by Gasteiger charge is -2.25. The van der Waals surface area contributed by atoms with Gasteiger partial charge in [-0.05, 0) is 44.9 Å². The van der Waals surface area contributed by atoms with Crippen molar-refractivity contribution in [2.45, 2.75) is 44.9 Å². The summed E-state index contributed by atoms with van der Waals surface area (Å²) in [6.45, 7) is 5.48. The number of nitrogens with one attached hydrogen (secondary N) is 1. The highest BCUT2D eigenvalue weighted by atomic mass is 16.6. The number of rotatable bonds is 4. The first kappa shape index (κ1) is 18.3. The molecular formula is C18H25NO5. The maximum absolute atomic E-state index is 12.6. The molecule has 1 unspecified atom stereocenters. The van der Waals surface area contributed by atoms with Crippen molar-refractivity contribution >= 4 is 11.9 Å². The van der Waals surface area contributed by atoms with Crippen molar-refractivity contribution in [3.8, 4) is 5.75 Å². The maximum Gasteiger partial charge on any atom is 0.322 e. The Kier molecular flexibility index (Phi) is 5.49. The highest BCUT2D eigenvalue weighted by molar-refractivity contribution is 5.80. The molecule has 0 aromatic heterocycles. The van der Waals surface area contributed by atoms with E-state index in [1.807, 2.05) is 45.0 Å². The maximum atomic E-state index is 12.6. The van der Waals surface area contributed by atoms with Crippen molar-refractivity contribution in [3.63, 3.8) is 0 Å². The molecule has 132 valence electrons. The van der Waals surface area contributed by atoms with Crippen LogP contribution in [0, 0.1) is 5.92 Å². The molecule has 0 radical (unpaired) electrons. The van der Waals surface area contributed by atoms with Crippen LogP contribution in [0.25, 0.3) is 0 Å². The third-order valence-electron chi connectivity index (χ3n) is 3.94. The van der Waals surface area contributed by atoms with Gasteiger partial charge in [-0.1, -0.05) is 12.1 Å². The van der Waals surface area contributed by atoms with E-state index < -0.39 is 17.6 Å². The molecule has 1 aliphatic heterocycles. The van der Waals surface area contributed by atoms with Gasteiger partial charge < -0.3 is 14.2 Å². The number of carbonyl (C=O) groups excluding carboxylic acids is 2. The van der Waals surface area contributed by atoms with Gasteiger partial charge >= 0.3 is 11.9 Å². The van der Waals surface area contributed by atoms with E-state index in [9.17, 15) is 9.59 Å². The first-order valence-electron chi connectivity index (χ1n) is 7.96. The van der Waals surface area contributed by atoms with Crippen LogP contribution in [0.5, 0.6) is 5.75 Å². The molecule has 1 aromatic rings. The second-order valence-corrected chi connectivity index (χ2v) is 6.87. The Balaban J connectivity index is 2.25. The Bertz CT molecular complexity index is 590. The van der Waals surface area contributed by atoms with E-state index in [1.165, 1.54) is 7.11 Å². The summed E-state index contributed by atoms with van der Waals surface area (Å²) in [6.07, 6.45) is 0.346. The fourth-order valence-electron chi connectivity index (χ4n) is 2.85. The molecular weight excluding hydrogens is 310 g/mol. The molecule has 0 saturated carbocycles. The van der Waals surface area contributed by atoms with Crippen LogP contribution >= 0.6 is 0 Å². The normalized spacial score (nSPS) is 23.6. The number of hydrogen-bond donors (Lipinski definition) is 1. The zero-order valence-electron chi connectivity index (χ0n) is 14.8. The van der Waals surface area contributed by atoms with Crippen molar-refractivity contribution in [2.24, 2.45) is 5.92 Å². The Morgan fingerprint density at radius 3 is 2.21 bits per heavy atom. The van der Waals surface area contributed by atoms with Crippen LogP contribution in [0.3, 0.4) is 0 Å². The molecule has 3 atom stereocenters. The van der Waals surface area contributed by atoms with Gasteiger partial charge in [0.05, 0.1) is 20.1 Å². The standard InChI is InChI=1S/C18H25NO5/c1-18(2,3)24-16(20)13-10-14(17(21)23-5)19-15(13)11-6-8-12(22-4)9-7-11/h6-9,13-15,19H,10H2,1-5H3/t13?,14-,15-/m1/s1. The molecule has 1 saturated heterocycles. The van der Waals surface area contributed by atoms with Crippen LogP contribution in [0.1, 0.15) is 38.8 Å². The molecule has 1 fully saturated rings. The van der Waals surface area contributed by atoms with Crippen molar-refractivity contribution in [2.75, 3.05) is 14.2 Å². The quantitative estimate of drug-likeness (QED) is 0.851. The zero-order chi connectivity index (χ0) is 17.9. The van der Waals surface area contributed by atoms with E-state index in [4.69, 9.17) is 14.2 Å². The smallest absolute Gasteiger partial charge is 0.322 e. The molecule has 0 spiro atoms. The van der Waals surface area contributed by atoms with Crippen molar-refractivity contribution in [1.82, 2.24) is 5.32 Å². The average molecular weight is 335 g/mol. The zero-order valence-corrected chi connectivity index (χ0v) is 14.8. The van der Waals surface area contributed by atoms with Gasteiger partial charge in [0, 0.05) is 6.04 Å². The van der Waals surface area contributed by atoms with Gasteiger partial charge in [-0.15, -0.1) is 0 Å². The fraction of sp³-hybridized carbons (Fsp3) is 0.556. The van der Waals surface area contributed by atoms with Crippen molar-refractivity contribution in [1.29, 1.82) is 0 Å². The predicted octanol–water partition coefficient (Wildman–Crippen LogP) is 2.23. The molecule has 0 aliphatic carbocycles. The molecule has 1 heterocycles. The number of hydrogen-bond acceptors (Lipinski definition) is 6. The summed E-state index contributed by atoms with van der Waals surface area (Å²) in [5.41, 5.74) is 0.323. The second-order valence-electron chi connectivity index (χ2n) is 6.87. The Hall–Kier alpha value is -2.08. The summed E-state index contributed by atoms with van der Waals surface area (Å²) in [5.74, 6) is -0.418. The average Bonchev–Trinajstić information content (AvgIpc) is 2.98. The van der Waals surface area contributed by atoms with Gasteiger partial charge in [-0.25, -0.2) is 0 Å². The molecule has 0 bridgehead atoms. The molecule has 6 nitrogen and oxygen atoms in total. The first-order valence-corrected chi connectivity index (χ1v) is 7.96. The summed E-state index contributed by atoms with van der Waals surface area (Å²) in [4.78, 5) is 24.5. The van der Waals surface area contributed by atoms with Crippen LogP contribution in [-0.4, -0.2) is 37.8 Å². The number of esters is 2. The van der Waals surface area contributed by atoms with Crippen LogP contribution in [-0.2, 0) is 19.1 Å². The lowest BCUT2D eigenvalue weighted by molar-refractivity contribution is -0.160. The van der Waals surface area contributed by atoms with E-state index >= 15 is 0 Å². The Morgan fingerprint density at radius 2 is 1.71 bits per heavy atom. The SMILES string of the molecule is COC(=O)[C@H]1CC(C(=O)OC(C)(C)C)[C@@H](c2ccc(OC)cc2)N1. The summed E-state index contributed by atoms with van der Waals surface area (Å²) in [5, 5.41) is 3.20. The number of carbonyl (C=O) groups is 2. The second kappa shape index (κ2) is 7.21. The topological polar surface area (TPSA) is 73.9 Å². The van der Waals surface area contributed by atoms with Crippen LogP contribution in [0.15, 0.2) is 24.3 Å². The summed E-state index contributed by atoms with van der Waals surface area (Å²) < 4.78 is 15.5. The third-order valence-corrected chi connectivity index (χ3v) is 3.94. The van der Waals surface area contributed by atoms with Gasteiger partial charge in [0.15, 0.2) is 0 Å². The largest absolute Gasteiger partial charge is 0.497 e. The molecule has 24 heavy (non-hydrogen) atoms. The van der Waals surface area contributed by atoms with E-state index in [-0.39, 0.29) is 18.0 Å². The molecule has 0 amide bonds. The lowest BCUT2D eigenvalue weighted by Crippen LogP contribution is -2.33. The van der Waals surface area contributed by atoms with Crippen LogP contribution in [0.2, 0.25) is 0 Å². The fourth-order valence-corrected chi connectivity index (χ4v) is 2.85. The number of ether oxygens (including phenoxy) is 3. The minimum atomic E-state index is -0.578. The van der Waals surface area contributed by atoms with Crippen molar-refractivity contribution in [3.05, 3.63) is 29.8 Å². The van der Waals surface area contributed by atoms with Gasteiger partial charge in [0.2, 0.25) is 0 Å². The number of methoxy groups -OCH3 is 2. The molecule has 1 aromatic carbocycles. The minimum absolute atomic E-state index is 0.310. The highest BCUT2D eigenvalue weighted by Gasteiger charge is 2.44. The molecule has 6 heteroatoms. The van der Waals surface area contributed by atoms with Gasteiger partial charge in [-0.3, -0.25) is 14.9 Å². The van der Waals surface area contributed by atoms with Gasteiger partial charge in [0.1, 0.15) is 17.4 Å². The van der Waals surface area contributed by atoms with E-state index in [2.05, 4.69) is 5.32 Å². The first-order chi connectivity index (χ1) is 11.2. The minimum Gasteiger partial charge on any atom is -0.497 e. The lowest BCUT2D eigenvalue weighted by atomic mass is 9.93. The molecule has 1 N–H and O–H groups in total. The molecule has 1 aliphatic rings. The predicted molar refractivity (Wildman–Crippen MR) is 88.6 cm³/mol. The van der Waals surface area contributed by atoms with Crippen LogP contribution in [0.4, 0.5) is 0 Å². The van der Waals surface area contributed by atoms with Gasteiger partial charge in [0.25, 0.3) is 0 Å². The Morgan fingerprint density at radius 1 is 1.08 bits per heavy atom. The van der Waals surface area contributed by atoms with Gasteiger partial charge in [-0.2, -0.15) is 0 Å². The summed E-state index contributed by atoms with van der Waals surface area (Å²) in [6, 6.07) is 6.58. The summed E-state index contributed by atoms with van der Waals surface area (Å²) in [7, 11) is 2.94. The molecule has 2 rings (SSSR count). The monoisotopic (exact) mass is 335 g/mol. The van der Waals surface area contributed by atoms with E-state index in [0.717, 1.165) is 11.3 Å². The van der Waals surface area contributed by atoms with E-state index in [1.54, 1.807) is 7.11 Å². The number of benzene rings is 1. The van der Waals surface area contributed by atoms with Crippen LogP contribution < -0.4 is 10.1 Å². The van der Waals surface area contributed by atoms with Crippen molar-refractivity contribution < 1.29 is 23.8 Å². The third kappa shape index (κ3) is 4.26. The highest BCUT2D eigenvalue weighted by Crippen LogP contribution is 2.35. The Labute approximate surface area is 142 Å². The van der Waals surface area contributed by atoms with E-state index in [0.29, 0.717) is 6.42 Å².